The number of hydrogen-bond donors (Lipinski definition) is 1. The zero-order valence-electron chi connectivity index (χ0n) is 10.8. The van der Waals surface area contributed by atoms with Crippen LogP contribution in [0.3, 0.4) is 0 Å². The number of hydrogen-bond acceptors (Lipinski definition) is 3. The first-order valence-corrected chi connectivity index (χ1v) is 6.43. The van der Waals surface area contributed by atoms with Crippen LogP contribution in [0.5, 0.6) is 0 Å². The molecular weight excluding hydrogens is 218 g/mol. The fourth-order valence-electron chi connectivity index (χ4n) is 2.67. The molecule has 0 unspecified atom stereocenters. The zero-order valence-corrected chi connectivity index (χ0v) is 10.8. The molecule has 1 aliphatic carbocycles. The van der Waals surface area contributed by atoms with Crippen molar-refractivity contribution < 1.29 is 14.7 Å². The minimum Gasteiger partial charge on any atom is -0.480 e. The molecule has 0 saturated heterocycles. The van der Waals surface area contributed by atoms with Crippen molar-refractivity contribution in [2.75, 3.05) is 13.6 Å². The van der Waals surface area contributed by atoms with Gasteiger partial charge in [0.05, 0.1) is 6.54 Å². The molecule has 1 atom stereocenters. The van der Waals surface area contributed by atoms with Crippen LogP contribution in [0.2, 0.25) is 0 Å². The summed E-state index contributed by atoms with van der Waals surface area (Å²) < 4.78 is 0. The Hall–Kier alpha value is -0.900. The van der Waals surface area contributed by atoms with Gasteiger partial charge in [-0.05, 0) is 26.3 Å². The number of Topliss-reactive ketones (excluding diaryl/α,β-unsaturated/α-hetero) is 1. The summed E-state index contributed by atoms with van der Waals surface area (Å²) in [5.74, 6) is -0.277. The molecule has 0 bridgehead atoms. The van der Waals surface area contributed by atoms with Crippen LogP contribution in [0.25, 0.3) is 0 Å². The summed E-state index contributed by atoms with van der Waals surface area (Å²) in [4.78, 5) is 23.9. The highest BCUT2D eigenvalue weighted by Crippen LogP contribution is 2.28. The van der Waals surface area contributed by atoms with E-state index in [1.807, 2.05) is 0 Å². The van der Waals surface area contributed by atoms with Gasteiger partial charge in [0.2, 0.25) is 0 Å². The van der Waals surface area contributed by atoms with Crippen molar-refractivity contribution in [3.63, 3.8) is 0 Å². The first-order valence-electron chi connectivity index (χ1n) is 6.43. The maximum atomic E-state index is 11.2. The third-order valence-corrected chi connectivity index (χ3v) is 3.57. The predicted molar refractivity (Wildman–Crippen MR) is 65.9 cm³/mol. The summed E-state index contributed by atoms with van der Waals surface area (Å²) in [6.45, 7) is 1.72. The zero-order chi connectivity index (χ0) is 12.8. The Bertz CT molecular complexity index is 272. The topological polar surface area (TPSA) is 57.6 Å². The van der Waals surface area contributed by atoms with Gasteiger partial charge in [-0.2, -0.15) is 0 Å². The quantitative estimate of drug-likeness (QED) is 0.772. The van der Waals surface area contributed by atoms with E-state index >= 15 is 0 Å². The highest BCUT2D eigenvalue weighted by atomic mass is 16.4. The lowest BCUT2D eigenvalue weighted by atomic mass is 9.84. The molecule has 0 heterocycles. The summed E-state index contributed by atoms with van der Waals surface area (Å²) in [5.41, 5.74) is 0. The van der Waals surface area contributed by atoms with Crippen LogP contribution in [0.4, 0.5) is 0 Å². The van der Waals surface area contributed by atoms with E-state index in [2.05, 4.69) is 0 Å². The molecule has 0 aliphatic heterocycles. The van der Waals surface area contributed by atoms with E-state index in [1.54, 1.807) is 11.9 Å². The van der Waals surface area contributed by atoms with Crippen LogP contribution >= 0.6 is 0 Å². The number of carbonyl (C=O) groups excluding carboxylic acids is 1. The minimum absolute atomic E-state index is 0.0161. The fourth-order valence-corrected chi connectivity index (χ4v) is 2.67. The summed E-state index contributed by atoms with van der Waals surface area (Å²) in [6.07, 6.45) is 6.66. The Balaban J connectivity index is 2.52. The van der Waals surface area contributed by atoms with Crippen molar-refractivity contribution in [2.24, 2.45) is 5.92 Å². The van der Waals surface area contributed by atoms with Crippen molar-refractivity contribution in [3.8, 4) is 0 Å². The molecule has 1 aliphatic rings. The van der Waals surface area contributed by atoms with Crippen LogP contribution < -0.4 is 0 Å². The maximum absolute atomic E-state index is 11.2. The Morgan fingerprint density at radius 2 is 1.88 bits per heavy atom. The summed E-state index contributed by atoms with van der Waals surface area (Å²) >= 11 is 0. The van der Waals surface area contributed by atoms with Gasteiger partial charge < -0.3 is 5.11 Å². The van der Waals surface area contributed by atoms with E-state index < -0.39 is 12.0 Å². The molecule has 1 N–H and O–H groups in total. The lowest BCUT2D eigenvalue weighted by Crippen LogP contribution is -2.42. The van der Waals surface area contributed by atoms with E-state index in [-0.39, 0.29) is 12.3 Å². The molecule has 1 rings (SSSR count). The number of nitrogens with zero attached hydrogens (tertiary/aromatic N) is 1. The van der Waals surface area contributed by atoms with Crippen molar-refractivity contribution in [2.45, 2.75) is 51.5 Å². The Kier molecular flexibility index (Phi) is 5.62. The average Bonchev–Trinajstić information content (AvgIpc) is 2.25. The molecule has 4 heteroatoms. The monoisotopic (exact) mass is 241 g/mol. The third-order valence-electron chi connectivity index (χ3n) is 3.57. The number of rotatable bonds is 6. The summed E-state index contributed by atoms with van der Waals surface area (Å²) in [6, 6.07) is -0.512. The van der Waals surface area contributed by atoms with Crippen molar-refractivity contribution in [3.05, 3.63) is 0 Å². The van der Waals surface area contributed by atoms with E-state index in [0.717, 1.165) is 12.8 Å². The van der Waals surface area contributed by atoms with Crippen LogP contribution in [0.15, 0.2) is 0 Å². The Morgan fingerprint density at radius 1 is 1.29 bits per heavy atom. The molecule has 0 aromatic carbocycles. The molecule has 98 valence electrons. The van der Waals surface area contributed by atoms with Crippen LogP contribution in [-0.2, 0) is 9.59 Å². The first-order chi connectivity index (χ1) is 8.00. The van der Waals surface area contributed by atoms with Crippen LogP contribution in [0.1, 0.15) is 45.4 Å². The molecule has 17 heavy (non-hydrogen) atoms. The van der Waals surface area contributed by atoms with E-state index in [0.29, 0.717) is 12.3 Å². The highest BCUT2D eigenvalue weighted by Gasteiger charge is 2.27. The van der Waals surface area contributed by atoms with Gasteiger partial charge in [-0.1, -0.05) is 32.1 Å². The van der Waals surface area contributed by atoms with Gasteiger partial charge in [0.1, 0.15) is 11.8 Å². The van der Waals surface area contributed by atoms with E-state index in [4.69, 9.17) is 0 Å². The van der Waals surface area contributed by atoms with Gasteiger partial charge in [-0.15, -0.1) is 0 Å². The van der Waals surface area contributed by atoms with E-state index in [9.17, 15) is 14.7 Å². The number of likely N-dealkylation sites (N-methyl/N-ethyl adjacent to an activating group) is 1. The lowest BCUT2D eigenvalue weighted by molar-refractivity contribution is -0.143. The molecule has 0 radical (unpaired) electrons. The number of carboxylic acid groups (broad SMARTS) is 1. The molecule has 1 saturated carbocycles. The number of carbonyl (C=O) groups is 2. The maximum Gasteiger partial charge on any atom is 0.320 e. The smallest absolute Gasteiger partial charge is 0.320 e. The Morgan fingerprint density at radius 3 is 2.35 bits per heavy atom. The highest BCUT2D eigenvalue weighted by molar-refractivity contribution is 5.79. The van der Waals surface area contributed by atoms with Gasteiger partial charge in [-0.3, -0.25) is 14.5 Å². The minimum atomic E-state index is -0.806. The molecule has 0 aromatic rings. The largest absolute Gasteiger partial charge is 0.480 e. The van der Waals surface area contributed by atoms with E-state index in [1.165, 1.54) is 26.2 Å². The molecule has 0 amide bonds. The second-order valence-corrected chi connectivity index (χ2v) is 5.21. The van der Waals surface area contributed by atoms with Crippen molar-refractivity contribution >= 4 is 11.8 Å². The van der Waals surface area contributed by atoms with Crippen molar-refractivity contribution in [1.29, 1.82) is 0 Å². The second-order valence-electron chi connectivity index (χ2n) is 5.21. The molecule has 4 nitrogen and oxygen atoms in total. The summed E-state index contributed by atoms with van der Waals surface area (Å²) in [5, 5.41) is 9.23. The first kappa shape index (κ1) is 14.2. The molecule has 0 aromatic heterocycles. The molecular formula is C13H23NO3. The predicted octanol–water partition coefficient (Wildman–Crippen LogP) is 1.93. The lowest BCUT2D eigenvalue weighted by Gasteiger charge is -2.29. The fraction of sp³-hybridized carbons (Fsp3) is 0.846. The molecule has 0 spiro atoms. The standard InChI is InChI=1S/C13H23NO3/c1-10(15)9-14(2)12(13(16)17)8-11-6-4-3-5-7-11/h11-12H,3-9H2,1-2H3,(H,16,17)/t12-/m1/s1. The number of ketones is 1. The second kappa shape index (κ2) is 6.74. The Labute approximate surface area is 103 Å². The summed E-state index contributed by atoms with van der Waals surface area (Å²) in [7, 11) is 1.73. The van der Waals surface area contributed by atoms with Gasteiger partial charge in [-0.25, -0.2) is 0 Å². The van der Waals surface area contributed by atoms with Gasteiger partial charge >= 0.3 is 5.97 Å². The normalized spacial score (nSPS) is 19.2. The third kappa shape index (κ3) is 4.86. The van der Waals surface area contributed by atoms with Crippen molar-refractivity contribution in [1.82, 2.24) is 4.90 Å². The average molecular weight is 241 g/mol. The van der Waals surface area contributed by atoms with Gasteiger partial charge in [0.15, 0.2) is 0 Å². The SMILES string of the molecule is CC(=O)CN(C)[C@H](CC1CCCCC1)C(=O)O. The van der Waals surface area contributed by atoms with Gasteiger partial charge in [0, 0.05) is 0 Å². The van der Waals surface area contributed by atoms with Crippen LogP contribution in [0, 0.1) is 5.92 Å². The van der Waals surface area contributed by atoms with Crippen LogP contribution in [-0.4, -0.2) is 41.4 Å². The number of carboxylic acids is 1. The van der Waals surface area contributed by atoms with Gasteiger partial charge in [0.25, 0.3) is 0 Å². The molecule has 1 fully saturated rings. The number of aliphatic carboxylic acids is 1.